The average Bonchev–Trinajstić information content (AvgIpc) is 2.77. The Hall–Kier alpha value is -1.75. The van der Waals surface area contributed by atoms with Gasteiger partial charge in [-0.3, -0.25) is 4.40 Å². The molecule has 90 valence electrons. The predicted octanol–water partition coefficient (Wildman–Crippen LogP) is 2.21. The number of hydrogen-bond acceptors (Lipinski definition) is 4. The molecule has 1 N–H and O–H groups in total. The van der Waals surface area contributed by atoms with E-state index in [0.717, 1.165) is 0 Å². The lowest BCUT2D eigenvalue weighted by atomic mass is 10.2. The number of nitrogens with one attached hydrogen (secondary N) is 1. The summed E-state index contributed by atoms with van der Waals surface area (Å²) in [4.78, 5) is 15.9. The number of halogens is 1. The molecular weight excluding hydrogens is 242 g/mol. The summed E-state index contributed by atoms with van der Waals surface area (Å²) in [5.74, 6) is 0.264. The van der Waals surface area contributed by atoms with Crippen molar-refractivity contribution in [3.8, 4) is 0 Å². The molecule has 0 saturated heterocycles. The van der Waals surface area contributed by atoms with E-state index >= 15 is 0 Å². The van der Waals surface area contributed by atoms with E-state index in [1.54, 1.807) is 36.8 Å². The van der Waals surface area contributed by atoms with Gasteiger partial charge in [0.1, 0.15) is 11.4 Å². The maximum Gasteiger partial charge on any atom is 0.341 e. The fourth-order valence-corrected chi connectivity index (χ4v) is 1.95. The lowest BCUT2D eigenvalue weighted by molar-refractivity contribution is 0.0528. The van der Waals surface area contributed by atoms with Crippen molar-refractivity contribution in [2.24, 2.45) is 0 Å². The van der Waals surface area contributed by atoms with E-state index in [9.17, 15) is 4.79 Å². The zero-order valence-corrected chi connectivity index (χ0v) is 10.3. The highest BCUT2D eigenvalue weighted by Gasteiger charge is 2.17. The SMILES string of the molecule is CCOC(=O)c1cc(Cl)c(NC)n2ccnc12. The lowest BCUT2D eigenvalue weighted by Gasteiger charge is -2.10. The fraction of sp³-hybridized carbons (Fsp3) is 0.273. The zero-order valence-electron chi connectivity index (χ0n) is 9.53. The normalized spacial score (nSPS) is 10.5. The van der Waals surface area contributed by atoms with Gasteiger partial charge in [-0.1, -0.05) is 11.6 Å². The van der Waals surface area contributed by atoms with E-state index in [1.165, 1.54) is 0 Å². The molecule has 5 nitrogen and oxygen atoms in total. The second-order valence-electron chi connectivity index (χ2n) is 3.35. The molecule has 0 radical (unpaired) electrons. The number of rotatable bonds is 3. The minimum Gasteiger partial charge on any atom is -0.462 e. The van der Waals surface area contributed by atoms with Crippen LogP contribution in [0.1, 0.15) is 17.3 Å². The summed E-state index contributed by atoms with van der Waals surface area (Å²) in [6.45, 7) is 2.07. The van der Waals surface area contributed by atoms with Crippen LogP contribution < -0.4 is 5.32 Å². The third kappa shape index (κ3) is 1.93. The Morgan fingerprint density at radius 3 is 3.06 bits per heavy atom. The van der Waals surface area contributed by atoms with Gasteiger partial charge >= 0.3 is 5.97 Å². The molecule has 2 aromatic rings. The van der Waals surface area contributed by atoms with Crippen LogP contribution in [0.3, 0.4) is 0 Å². The fourth-order valence-electron chi connectivity index (χ4n) is 1.66. The maximum absolute atomic E-state index is 11.8. The first-order valence-corrected chi connectivity index (χ1v) is 5.57. The molecule has 0 bridgehead atoms. The van der Waals surface area contributed by atoms with Crippen LogP contribution in [0.4, 0.5) is 5.82 Å². The summed E-state index contributed by atoms with van der Waals surface area (Å²) in [6.07, 6.45) is 3.34. The molecular formula is C11H12ClN3O2. The Labute approximate surface area is 103 Å². The highest BCUT2D eigenvalue weighted by molar-refractivity contribution is 6.33. The van der Waals surface area contributed by atoms with Gasteiger partial charge in [-0.25, -0.2) is 9.78 Å². The van der Waals surface area contributed by atoms with Gasteiger partial charge in [-0.05, 0) is 13.0 Å². The van der Waals surface area contributed by atoms with Crippen LogP contribution in [0.2, 0.25) is 5.02 Å². The van der Waals surface area contributed by atoms with E-state index in [4.69, 9.17) is 16.3 Å². The first-order valence-electron chi connectivity index (χ1n) is 5.19. The van der Waals surface area contributed by atoms with Crippen molar-refractivity contribution in [2.75, 3.05) is 19.0 Å². The topological polar surface area (TPSA) is 55.6 Å². The Morgan fingerprint density at radius 2 is 2.41 bits per heavy atom. The van der Waals surface area contributed by atoms with Gasteiger partial charge in [0.25, 0.3) is 0 Å². The van der Waals surface area contributed by atoms with E-state index in [0.29, 0.717) is 28.7 Å². The molecule has 0 fully saturated rings. The van der Waals surface area contributed by atoms with Crippen molar-refractivity contribution in [1.82, 2.24) is 9.38 Å². The molecule has 0 atom stereocenters. The monoisotopic (exact) mass is 253 g/mol. The van der Waals surface area contributed by atoms with Crippen molar-refractivity contribution >= 4 is 29.0 Å². The third-order valence-electron chi connectivity index (χ3n) is 2.35. The molecule has 0 aliphatic carbocycles. The summed E-state index contributed by atoms with van der Waals surface area (Å²) in [5.41, 5.74) is 0.887. The van der Waals surface area contributed by atoms with Crippen LogP contribution in [0.5, 0.6) is 0 Å². The highest BCUT2D eigenvalue weighted by Crippen LogP contribution is 2.26. The number of nitrogens with zero attached hydrogens (tertiary/aromatic N) is 2. The van der Waals surface area contributed by atoms with E-state index in [2.05, 4.69) is 10.3 Å². The number of carbonyl (C=O) groups is 1. The van der Waals surface area contributed by atoms with Crippen molar-refractivity contribution in [1.29, 1.82) is 0 Å². The van der Waals surface area contributed by atoms with Gasteiger partial charge in [-0.15, -0.1) is 0 Å². The standard InChI is InChI=1S/C11H12ClN3O2/c1-3-17-11(16)7-6-8(12)10(13-2)15-5-4-14-9(7)15/h4-6,13H,3H2,1-2H3. The summed E-state index contributed by atoms with van der Waals surface area (Å²) in [6, 6.07) is 1.56. The Morgan fingerprint density at radius 1 is 1.65 bits per heavy atom. The highest BCUT2D eigenvalue weighted by atomic mass is 35.5. The molecule has 6 heteroatoms. The minimum absolute atomic E-state index is 0.317. The van der Waals surface area contributed by atoms with E-state index in [1.807, 2.05) is 0 Å². The van der Waals surface area contributed by atoms with Crippen LogP contribution in [-0.4, -0.2) is 29.0 Å². The Bertz CT molecular complexity index is 565. The quantitative estimate of drug-likeness (QED) is 0.852. The number of carbonyl (C=O) groups excluding carboxylic acids is 1. The van der Waals surface area contributed by atoms with Gasteiger partial charge in [0.2, 0.25) is 0 Å². The zero-order chi connectivity index (χ0) is 12.4. The second kappa shape index (κ2) is 4.63. The first kappa shape index (κ1) is 11.7. The molecule has 0 aliphatic heterocycles. The number of hydrogen-bond donors (Lipinski definition) is 1. The molecule has 0 aromatic carbocycles. The van der Waals surface area contributed by atoms with E-state index < -0.39 is 5.97 Å². The van der Waals surface area contributed by atoms with Gasteiger partial charge in [0.15, 0.2) is 5.65 Å². The first-order chi connectivity index (χ1) is 8.19. The van der Waals surface area contributed by atoms with E-state index in [-0.39, 0.29) is 0 Å². The summed E-state index contributed by atoms with van der Waals surface area (Å²) < 4.78 is 6.68. The molecule has 0 aliphatic rings. The second-order valence-corrected chi connectivity index (χ2v) is 3.75. The predicted molar refractivity (Wildman–Crippen MR) is 65.7 cm³/mol. The number of aromatic nitrogens is 2. The van der Waals surface area contributed by atoms with Gasteiger partial charge in [-0.2, -0.15) is 0 Å². The largest absolute Gasteiger partial charge is 0.462 e. The van der Waals surface area contributed by atoms with Crippen LogP contribution in [-0.2, 0) is 4.74 Å². The number of anilines is 1. The molecule has 2 rings (SSSR count). The van der Waals surface area contributed by atoms with Crippen molar-refractivity contribution < 1.29 is 9.53 Å². The average molecular weight is 254 g/mol. The summed E-state index contributed by atoms with van der Waals surface area (Å²) in [7, 11) is 1.75. The molecule has 17 heavy (non-hydrogen) atoms. The third-order valence-corrected chi connectivity index (χ3v) is 2.64. The molecule has 2 heterocycles. The van der Waals surface area contributed by atoms with Gasteiger partial charge in [0.05, 0.1) is 11.6 Å². The van der Waals surface area contributed by atoms with Crippen LogP contribution in [0.25, 0.3) is 5.65 Å². The van der Waals surface area contributed by atoms with Crippen LogP contribution in [0.15, 0.2) is 18.5 Å². The van der Waals surface area contributed by atoms with Crippen molar-refractivity contribution in [2.45, 2.75) is 6.92 Å². The maximum atomic E-state index is 11.8. The van der Waals surface area contributed by atoms with Crippen molar-refractivity contribution in [3.63, 3.8) is 0 Å². The van der Waals surface area contributed by atoms with Crippen molar-refractivity contribution in [3.05, 3.63) is 29.0 Å². The molecule has 0 saturated carbocycles. The van der Waals surface area contributed by atoms with Crippen LogP contribution in [0, 0.1) is 0 Å². The summed E-state index contributed by atoms with van der Waals surface area (Å²) in [5, 5.41) is 3.41. The Kier molecular flexibility index (Phi) is 3.19. The molecule has 0 unspecified atom stereocenters. The number of fused-ring (bicyclic) bond motifs is 1. The smallest absolute Gasteiger partial charge is 0.341 e. The lowest BCUT2D eigenvalue weighted by Crippen LogP contribution is -2.09. The molecule has 0 amide bonds. The number of pyridine rings is 1. The number of ether oxygens (including phenoxy) is 1. The van der Waals surface area contributed by atoms with Crippen LogP contribution >= 0.6 is 11.6 Å². The number of imidazole rings is 1. The Balaban J connectivity index is 2.65. The molecule has 0 spiro atoms. The van der Waals surface area contributed by atoms with Gasteiger partial charge < -0.3 is 10.1 Å². The molecule has 2 aromatic heterocycles. The minimum atomic E-state index is -0.423. The summed E-state index contributed by atoms with van der Waals surface area (Å²) >= 11 is 6.09. The number of esters is 1. The van der Waals surface area contributed by atoms with Gasteiger partial charge in [0, 0.05) is 19.4 Å².